The van der Waals surface area contributed by atoms with Crippen LogP contribution < -0.4 is 5.32 Å². The fraction of sp³-hybridized carbons (Fsp3) is 0.417. The fourth-order valence-corrected chi connectivity index (χ4v) is 1.25. The van der Waals surface area contributed by atoms with Crippen molar-refractivity contribution >= 4 is 0 Å². The van der Waals surface area contributed by atoms with Crippen LogP contribution in [0.1, 0.15) is 31.4 Å². The third kappa shape index (κ3) is 3.34. The minimum absolute atomic E-state index is 0.296. The summed E-state index contributed by atoms with van der Waals surface area (Å²) in [5, 5.41) is 12.1. The lowest BCUT2D eigenvalue weighted by atomic mass is 10.1. The molecule has 0 saturated heterocycles. The van der Waals surface area contributed by atoms with E-state index in [9.17, 15) is 4.39 Å². The molecular formula is C12H15FN2. The van der Waals surface area contributed by atoms with Crippen molar-refractivity contribution in [2.24, 2.45) is 0 Å². The summed E-state index contributed by atoms with van der Waals surface area (Å²) in [5.74, 6) is -0.296. The molecule has 0 aliphatic heterocycles. The van der Waals surface area contributed by atoms with Gasteiger partial charge in [0.25, 0.3) is 0 Å². The Morgan fingerprint density at radius 2 is 2.27 bits per heavy atom. The first-order valence-corrected chi connectivity index (χ1v) is 5.09. The van der Waals surface area contributed by atoms with Crippen LogP contribution in [0.4, 0.5) is 4.39 Å². The smallest absolute Gasteiger partial charge is 0.123 e. The van der Waals surface area contributed by atoms with Gasteiger partial charge >= 0.3 is 0 Å². The first kappa shape index (κ1) is 11.7. The maximum Gasteiger partial charge on any atom is 0.123 e. The fourth-order valence-electron chi connectivity index (χ4n) is 1.25. The molecule has 3 heteroatoms. The van der Waals surface area contributed by atoms with Crippen molar-refractivity contribution in [1.29, 1.82) is 5.26 Å². The van der Waals surface area contributed by atoms with E-state index in [-0.39, 0.29) is 5.82 Å². The maximum atomic E-state index is 13.0. The third-order valence-electron chi connectivity index (χ3n) is 2.44. The molecule has 1 N–H and O–H groups in total. The molecule has 0 amide bonds. The molecule has 15 heavy (non-hydrogen) atoms. The Balaban J connectivity index is 2.75. The molecule has 1 atom stereocenters. The van der Waals surface area contributed by atoms with Crippen molar-refractivity contribution in [2.75, 3.05) is 0 Å². The number of nitrogens with zero attached hydrogens (tertiary/aromatic N) is 1. The molecule has 0 aromatic heterocycles. The Bertz CT molecular complexity index is 368. The summed E-state index contributed by atoms with van der Waals surface area (Å²) in [6, 6.07) is 6.67. The van der Waals surface area contributed by atoms with Crippen molar-refractivity contribution in [2.45, 2.75) is 32.9 Å². The summed E-state index contributed by atoms with van der Waals surface area (Å²) in [6.07, 6.45) is 1.01. The van der Waals surface area contributed by atoms with Gasteiger partial charge in [0.05, 0.1) is 11.6 Å². The topological polar surface area (TPSA) is 35.8 Å². The number of halogens is 1. The first-order chi connectivity index (χ1) is 7.17. The van der Waals surface area contributed by atoms with Crippen molar-refractivity contribution in [3.05, 3.63) is 35.1 Å². The molecule has 0 aliphatic rings. The van der Waals surface area contributed by atoms with Gasteiger partial charge in [-0.25, -0.2) is 4.39 Å². The molecule has 1 aromatic rings. The molecule has 1 unspecified atom stereocenters. The number of benzene rings is 1. The van der Waals surface area contributed by atoms with E-state index >= 15 is 0 Å². The Morgan fingerprint density at radius 3 is 2.87 bits per heavy atom. The average Bonchev–Trinajstić information content (AvgIpc) is 2.26. The van der Waals surface area contributed by atoms with Crippen LogP contribution in [0.15, 0.2) is 18.2 Å². The second-order valence-electron chi connectivity index (χ2n) is 3.60. The van der Waals surface area contributed by atoms with Gasteiger partial charge in [-0.1, -0.05) is 6.92 Å². The summed E-state index contributed by atoms with van der Waals surface area (Å²) in [7, 11) is 0. The van der Waals surface area contributed by atoms with Crippen LogP contribution in [-0.4, -0.2) is 6.04 Å². The molecule has 0 fully saturated rings. The largest absolute Gasteiger partial charge is 0.310 e. The second kappa shape index (κ2) is 5.47. The third-order valence-corrected chi connectivity index (χ3v) is 2.44. The zero-order valence-electron chi connectivity index (χ0n) is 9.05. The summed E-state index contributed by atoms with van der Waals surface area (Å²) in [6.45, 7) is 4.68. The lowest BCUT2D eigenvalue weighted by molar-refractivity contribution is 0.531. The number of hydrogen-bond acceptors (Lipinski definition) is 2. The van der Waals surface area contributed by atoms with Gasteiger partial charge in [0, 0.05) is 12.6 Å². The highest BCUT2D eigenvalue weighted by Gasteiger charge is 2.04. The standard InChI is InChI=1S/C12H15FN2/c1-3-9(2)15-8-11-6-12(13)5-4-10(11)7-14/h4-6,9,15H,3,8H2,1-2H3. The van der Waals surface area contributed by atoms with E-state index in [4.69, 9.17) is 5.26 Å². The zero-order chi connectivity index (χ0) is 11.3. The molecule has 0 bridgehead atoms. The Morgan fingerprint density at radius 1 is 1.53 bits per heavy atom. The SMILES string of the molecule is CCC(C)NCc1cc(F)ccc1C#N. The van der Waals surface area contributed by atoms with E-state index in [1.165, 1.54) is 18.2 Å². The molecule has 1 aromatic carbocycles. The van der Waals surface area contributed by atoms with Gasteiger partial charge in [0.1, 0.15) is 5.82 Å². The van der Waals surface area contributed by atoms with E-state index < -0.39 is 0 Å². The number of hydrogen-bond donors (Lipinski definition) is 1. The molecule has 0 saturated carbocycles. The van der Waals surface area contributed by atoms with E-state index in [0.717, 1.165) is 12.0 Å². The molecular weight excluding hydrogens is 191 g/mol. The van der Waals surface area contributed by atoms with Gasteiger partial charge in [0.2, 0.25) is 0 Å². The average molecular weight is 206 g/mol. The predicted molar refractivity (Wildman–Crippen MR) is 57.7 cm³/mol. The molecule has 0 spiro atoms. The minimum Gasteiger partial charge on any atom is -0.310 e. The molecule has 0 heterocycles. The Labute approximate surface area is 89.7 Å². The molecule has 80 valence electrons. The van der Waals surface area contributed by atoms with Gasteiger partial charge in [-0.05, 0) is 37.1 Å². The van der Waals surface area contributed by atoms with E-state index in [1.54, 1.807) is 0 Å². The van der Waals surface area contributed by atoms with E-state index in [0.29, 0.717) is 18.2 Å². The van der Waals surface area contributed by atoms with Crippen LogP contribution in [0.3, 0.4) is 0 Å². The minimum atomic E-state index is -0.296. The van der Waals surface area contributed by atoms with E-state index in [1.807, 2.05) is 0 Å². The second-order valence-corrected chi connectivity index (χ2v) is 3.60. The van der Waals surface area contributed by atoms with Gasteiger partial charge in [-0.15, -0.1) is 0 Å². The van der Waals surface area contributed by atoms with Gasteiger partial charge in [-0.2, -0.15) is 5.26 Å². The van der Waals surface area contributed by atoms with E-state index in [2.05, 4.69) is 25.2 Å². The normalized spacial score (nSPS) is 12.1. The van der Waals surface area contributed by atoms with Gasteiger partial charge in [-0.3, -0.25) is 0 Å². The van der Waals surface area contributed by atoms with Crippen molar-refractivity contribution in [3.8, 4) is 6.07 Å². The monoisotopic (exact) mass is 206 g/mol. The highest BCUT2D eigenvalue weighted by Crippen LogP contribution is 2.10. The molecule has 1 rings (SSSR count). The quantitative estimate of drug-likeness (QED) is 0.821. The molecule has 0 aliphatic carbocycles. The van der Waals surface area contributed by atoms with Gasteiger partial charge < -0.3 is 5.32 Å². The Hall–Kier alpha value is -1.40. The van der Waals surface area contributed by atoms with Crippen LogP contribution >= 0.6 is 0 Å². The molecule has 2 nitrogen and oxygen atoms in total. The number of nitrogens with one attached hydrogen (secondary N) is 1. The summed E-state index contributed by atoms with van der Waals surface area (Å²) in [4.78, 5) is 0. The first-order valence-electron chi connectivity index (χ1n) is 5.09. The molecule has 0 radical (unpaired) electrons. The van der Waals surface area contributed by atoms with Crippen LogP contribution in [-0.2, 0) is 6.54 Å². The lowest BCUT2D eigenvalue weighted by Gasteiger charge is -2.11. The van der Waals surface area contributed by atoms with Crippen molar-refractivity contribution in [3.63, 3.8) is 0 Å². The summed E-state index contributed by atoms with van der Waals surface area (Å²) in [5.41, 5.74) is 1.25. The van der Waals surface area contributed by atoms with Crippen molar-refractivity contribution in [1.82, 2.24) is 5.32 Å². The van der Waals surface area contributed by atoms with Crippen LogP contribution in [0, 0.1) is 17.1 Å². The lowest BCUT2D eigenvalue weighted by Crippen LogP contribution is -2.24. The van der Waals surface area contributed by atoms with Crippen LogP contribution in [0.25, 0.3) is 0 Å². The zero-order valence-corrected chi connectivity index (χ0v) is 9.05. The van der Waals surface area contributed by atoms with Crippen LogP contribution in [0.2, 0.25) is 0 Å². The summed E-state index contributed by atoms with van der Waals surface area (Å²) < 4.78 is 13.0. The highest BCUT2D eigenvalue weighted by atomic mass is 19.1. The summed E-state index contributed by atoms with van der Waals surface area (Å²) >= 11 is 0. The highest BCUT2D eigenvalue weighted by molar-refractivity contribution is 5.37. The maximum absolute atomic E-state index is 13.0. The van der Waals surface area contributed by atoms with Crippen LogP contribution in [0.5, 0.6) is 0 Å². The predicted octanol–water partition coefficient (Wildman–Crippen LogP) is 2.59. The number of rotatable bonds is 4. The van der Waals surface area contributed by atoms with Crippen molar-refractivity contribution < 1.29 is 4.39 Å². The Kier molecular flexibility index (Phi) is 4.26. The van der Waals surface area contributed by atoms with Gasteiger partial charge in [0.15, 0.2) is 0 Å². The number of nitriles is 1.